The van der Waals surface area contributed by atoms with Crippen LogP contribution in [0.25, 0.3) is 0 Å². The number of anilines is 1. The molecule has 1 aliphatic heterocycles. The quantitative estimate of drug-likeness (QED) is 0.693. The van der Waals surface area contributed by atoms with Gasteiger partial charge in [-0.2, -0.15) is 5.26 Å². The highest BCUT2D eigenvalue weighted by Gasteiger charge is 2.21. The number of hydrogen-bond donors (Lipinski definition) is 0. The number of nitrogens with zero attached hydrogens (tertiary/aromatic N) is 5. The van der Waals surface area contributed by atoms with E-state index in [1.165, 1.54) is 0 Å². The van der Waals surface area contributed by atoms with Crippen molar-refractivity contribution in [2.75, 3.05) is 18.6 Å². The zero-order valence-corrected chi connectivity index (χ0v) is 15.7. The molecular weight excluding hydrogens is 354 g/mol. The minimum absolute atomic E-state index is 0.539. The summed E-state index contributed by atoms with van der Waals surface area (Å²) < 4.78 is 11.0. The van der Waals surface area contributed by atoms with E-state index in [0.29, 0.717) is 29.5 Å². The van der Waals surface area contributed by atoms with E-state index in [1.54, 1.807) is 31.8 Å². The molecule has 0 spiro atoms. The standard InChI is InChI=1S/C21H19N5O2/c1-14-7-15(9-22)10-25-21(14)26-6-5-19-16(13-26)8-18(12-23-19)28-17-3-4-20(27-2)24-11-17/h3-4,7-8,10-12H,5-6,13H2,1-2H3. The van der Waals surface area contributed by atoms with E-state index in [1.807, 2.05) is 25.1 Å². The van der Waals surface area contributed by atoms with Gasteiger partial charge in [0.05, 0.1) is 25.1 Å². The van der Waals surface area contributed by atoms with Crippen LogP contribution >= 0.6 is 0 Å². The summed E-state index contributed by atoms with van der Waals surface area (Å²) >= 11 is 0. The fraction of sp³-hybridized carbons (Fsp3) is 0.238. The van der Waals surface area contributed by atoms with E-state index in [2.05, 4.69) is 25.9 Å². The summed E-state index contributed by atoms with van der Waals surface area (Å²) in [5.74, 6) is 2.73. The number of ether oxygens (including phenoxy) is 2. The molecule has 0 aliphatic carbocycles. The number of pyridine rings is 3. The van der Waals surface area contributed by atoms with E-state index >= 15 is 0 Å². The van der Waals surface area contributed by atoms with Gasteiger partial charge >= 0.3 is 0 Å². The van der Waals surface area contributed by atoms with Crippen LogP contribution in [0.1, 0.15) is 22.4 Å². The van der Waals surface area contributed by atoms with Gasteiger partial charge in [-0.3, -0.25) is 4.98 Å². The minimum atomic E-state index is 0.539. The first-order valence-electron chi connectivity index (χ1n) is 8.93. The lowest BCUT2D eigenvalue weighted by atomic mass is 10.0. The maximum absolute atomic E-state index is 9.04. The number of aryl methyl sites for hydroxylation is 1. The van der Waals surface area contributed by atoms with Gasteiger partial charge in [0, 0.05) is 37.5 Å². The molecule has 1 aliphatic rings. The molecular formula is C21H19N5O2. The Hall–Kier alpha value is -3.66. The van der Waals surface area contributed by atoms with Crippen molar-refractivity contribution in [2.24, 2.45) is 0 Å². The number of aromatic nitrogens is 3. The minimum Gasteiger partial charge on any atom is -0.481 e. The van der Waals surface area contributed by atoms with Gasteiger partial charge in [0.2, 0.25) is 5.88 Å². The largest absolute Gasteiger partial charge is 0.481 e. The molecule has 28 heavy (non-hydrogen) atoms. The Kier molecular flexibility index (Phi) is 4.77. The summed E-state index contributed by atoms with van der Waals surface area (Å²) in [5.41, 5.74) is 3.75. The Morgan fingerprint density at radius 2 is 1.93 bits per heavy atom. The maximum atomic E-state index is 9.04. The van der Waals surface area contributed by atoms with Crippen LogP contribution in [0.15, 0.2) is 42.9 Å². The van der Waals surface area contributed by atoms with E-state index in [0.717, 1.165) is 35.6 Å². The van der Waals surface area contributed by atoms with E-state index in [9.17, 15) is 0 Å². The van der Waals surface area contributed by atoms with Crippen LogP contribution in [0.2, 0.25) is 0 Å². The Morgan fingerprint density at radius 3 is 2.64 bits per heavy atom. The third-order valence-electron chi connectivity index (χ3n) is 4.65. The molecule has 0 saturated carbocycles. The molecule has 0 aromatic carbocycles. The van der Waals surface area contributed by atoms with Gasteiger partial charge in [0.25, 0.3) is 0 Å². The van der Waals surface area contributed by atoms with E-state index in [-0.39, 0.29) is 0 Å². The second-order valence-corrected chi connectivity index (χ2v) is 6.56. The number of rotatable bonds is 4. The first-order chi connectivity index (χ1) is 13.7. The topological polar surface area (TPSA) is 84.2 Å². The molecule has 140 valence electrons. The Morgan fingerprint density at radius 1 is 1.07 bits per heavy atom. The molecule has 7 nitrogen and oxygen atoms in total. The Bertz CT molecular complexity index is 1040. The summed E-state index contributed by atoms with van der Waals surface area (Å²) in [5, 5.41) is 9.04. The molecule has 0 saturated heterocycles. The van der Waals surface area contributed by atoms with Crippen molar-refractivity contribution in [1.29, 1.82) is 5.26 Å². The summed E-state index contributed by atoms with van der Waals surface area (Å²) in [6, 6.07) is 9.57. The van der Waals surface area contributed by atoms with Crippen LogP contribution in [0.5, 0.6) is 17.4 Å². The van der Waals surface area contributed by atoms with Crippen molar-refractivity contribution < 1.29 is 9.47 Å². The van der Waals surface area contributed by atoms with Gasteiger partial charge in [-0.15, -0.1) is 0 Å². The molecule has 0 atom stereocenters. The Balaban J connectivity index is 1.54. The number of methoxy groups -OCH3 is 1. The van der Waals surface area contributed by atoms with Crippen LogP contribution < -0.4 is 14.4 Å². The van der Waals surface area contributed by atoms with Gasteiger partial charge in [0.1, 0.15) is 23.4 Å². The summed E-state index contributed by atoms with van der Waals surface area (Å²) in [6.07, 6.45) is 5.81. The maximum Gasteiger partial charge on any atom is 0.213 e. The first kappa shape index (κ1) is 17.7. The number of fused-ring (bicyclic) bond motifs is 1. The van der Waals surface area contributed by atoms with Crippen LogP contribution in [0.3, 0.4) is 0 Å². The molecule has 0 N–H and O–H groups in total. The summed E-state index contributed by atoms with van der Waals surface area (Å²) in [6.45, 7) is 3.51. The first-order valence-corrected chi connectivity index (χ1v) is 8.93. The molecule has 4 rings (SSSR count). The van der Waals surface area contributed by atoms with Crippen molar-refractivity contribution in [1.82, 2.24) is 15.0 Å². The van der Waals surface area contributed by atoms with Gasteiger partial charge in [0.15, 0.2) is 0 Å². The number of hydrogen-bond acceptors (Lipinski definition) is 7. The van der Waals surface area contributed by atoms with Gasteiger partial charge < -0.3 is 14.4 Å². The smallest absolute Gasteiger partial charge is 0.213 e. The molecule has 7 heteroatoms. The highest BCUT2D eigenvalue weighted by atomic mass is 16.5. The van der Waals surface area contributed by atoms with Crippen LogP contribution in [-0.2, 0) is 13.0 Å². The predicted molar refractivity (Wildman–Crippen MR) is 104 cm³/mol. The van der Waals surface area contributed by atoms with E-state index < -0.39 is 0 Å². The zero-order chi connectivity index (χ0) is 19.5. The summed E-state index contributed by atoms with van der Waals surface area (Å²) in [4.78, 5) is 15.4. The number of nitriles is 1. The van der Waals surface area contributed by atoms with Gasteiger partial charge in [-0.1, -0.05) is 0 Å². The van der Waals surface area contributed by atoms with E-state index in [4.69, 9.17) is 14.7 Å². The van der Waals surface area contributed by atoms with Crippen molar-refractivity contribution in [3.05, 3.63) is 65.2 Å². The monoisotopic (exact) mass is 373 g/mol. The molecule has 3 aromatic heterocycles. The van der Waals surface area contributed by atoms with Crippen LogP contribution in [0, 0.1) is 18.3 Å². The lowest BCUT2D eigenvalue weighted by Gasteiger charge is -2.30. The van der Waals surface area contributed by atoms with Gasteiger partial charge in [-0.25, -0.2) is 9.97 Å². The highest BCUT2D eigenvalue weighted by molar-refractivity contribution is 5.51. The average molecular weight is 373 g/mol. The van der Waals surface area contributed by atoms with Gasteiger partial charge in [-0.05, 0) is 36.2 Å². The zero-order valence-electron chi connectivity index (χ0n) is 15.7. The third kappa shape index (κ3) is 3.58. The Labute approximate surface area is 163 Å². The highest BCUT2D eigenvalue weighted by Crippen LogP contribution is 2.29. The van der Waals surface area contributed by atoms with Crippen molar-refractivity contribution in [3.63, 3.8) is 0 Å². The predicted octanol–water partition coefficient (Wildman–Crippen LogP) is 3.42. The molecule has 3 aromatic rings. The lowest BCUT2D eigenvalue weighted by Crippen LogP contribution is -2.32. The average Bonchev–Trinajstić information content (AvgIpc) is 2.73. The fourth-order valence-corrected chi connectivity index (χ4v) is 3.28. The van der Waals surface area contributed by atoms with Crippen molar-refractivity contribution >= 4 is 5.82 Å². The molecule has 0 fully saturated rings. The van der Waals surface area contributed by atoms with Crippen molar-refractivity contribution in [3.8, 4) is 23.4 Å². The lowest BCUT2D eigenvalue weighted by molar-refractivity contribution is 0.394. The summed E-state index contributed by atoms with van der Waals surface area (Å²) in [7, 11) is 1.58. The third-order valence-corrected chi connectivity index (χ3v) is 4.65. The SMILES string of the molecule is COc1ccc(Oc2cnc3c(c2)CN(c2ncc(C#N)cc2C)CC3)cn1. The molecule has 0 bridgehead atoms. The molecule has 0 unspecified atom stereocenters. The molecule has 0 amide bonds. The molecule has 4 heterocycles. The normalized spacial score (nSPS) is 12.8. The second-order valence-electron chi connectivity index (χ2n) is 6.56. The van der Waals surface area contributed by atoms with Crippen LogP contribution in [-0.4, -0.2) is 28.6 Å². The second kappa shape index (κ2) is 7.53. The fourth-order valence-electron chi connectivity index (χ4n) is 3.28. The molecule has 0 radical (unpaired) electrons. The van der Waals surface area contributed by atoms with Crippen molar-refractivity contribution in [2.45, 2.75) is 19.9 Å². The van der Waals surface area contributed by atoms with Crippen LogP contribution in [0.4, 0.5) is 5.82 Å².